The van der Waals surface area contributed by atoms with E-state index in [1.54, 1.807) is 0 Å². The van der Waals surface area contributed by atoms with Gasteiger partial charge in [-0.1, -0.05) is 127 Å². The van der Waals surface area contributed by atoms with Crippen LogP contribution in [0, 0.1) is 0 Å². The summed E-state index contributed by atoms with van der Waals surface area (Å²) in [6.07, 6.45) is 0. The van der Waals surface area contributed by atoms with E-state index in [0.29, 0.717) is 11.4 Å². The second kappa shape index (κ2) is 12.1. The molecule has 5 heterocycles. The average Bonchev–Trinajstić information content (AvgIpc) is 4.06. The number of benzene rings is 9. The summed E-state index contributed by atoms with van der Waals surface area (Å²) in [5.41, 5.74) is 14.5. The molecule has 0 saturated carbocycles. The van der Waals surface area contributed by atoms with Gasteiger partial charge in [0.1, 0.15) is 16.8 Å². The predicted octanol–water partition coefficient (Wildman–Crippen LogP) is 14.8. The number of para-hydroxylation sites is 3. The van der Waals surface area contributed by atoms with Gasteiger partial charge in [0.15, 0.2) is 11.4 Å². The fraction of sp³-hybridized carbons (Fsp3) is 0. The van der Waals surface area contributed by atoms with Crippen LogP contribution in [-0.4, -0.2) is 18.9 Å². The summed E-state index contributed by atoms with van der Waals surface area (Å²) >= 11 is 0. The number of hydrogen-bond donors (Lipinski definition) is 0. The molecular weight excluding hydrogens is 745 g/mol. The maximum atomic E-state index is 6.49. The standard InChI is InChI=1S/C56H32N4O/c1-2-12-33(13-3-1)34-22-24-35(25-23-34)51-55-52(42-18-8-11-21-49(42)61-55)58-56(57-51)36-26-28-39(29-27-36)59-48-31-38-15-5-4-14-37(38)30-43(48)45-32-44-40-16-6-9-19-46(40)60-47-20-10-7-17-41(47)50(53(45)59)54(44)60/h1-32H. The number of rotatable bonds is 4. The summed E-state index contributed by atoms with van der Waals surface area (Å²) in [5.74, 6) is 0.653. The molecular formula is C56H32N4O. The quantitative estimate of drug-likeness (QED) is 0.179. The summed E-state index contributed by atoms with van der Waals surface area (Å²) in [6.45, 7) is 0. The van der Waals surface area contributed by atoms with Crippen LogP contribution in [0.5, 0.6) is 0 Å². The van der Waals surface area contributed by atoms with Crippen molar-refractivity contribution >= 4 is 92.7 Å². The Morgan fingerprint density at radius 2 is 1.00 bits per heavy atom. The van der Waals surface area contributed by atoms with Crippen LogP contribution in [0.3, 0.4) is 0 Å². The molecule has 9 aromatic carbocycles. The highest BCUT2D eigenvalue weighted by Gasteiger charge is 2.25. The third kappa shape index (κ3) is 4.55. The summed E-state index contributed by atoms with van der Waals surface area (Å²) < 4.78 is 11.4. The minimum Gasteiger partial charge on any atom is -0.452 e. The summed E-state index contributed by atoms with van der Waals surface area (Å²) in [7, 11) is 0. The van der Waals surface area contributed by atoms with E-state index in [0.717, 1.165) is 44.6 Å². The maximum absolute atomic E-state index is 6.49. The van der Waals surface area contributed by atoms with Crippen LogP contribution in [0.4, 0.5) is 0 Å². The zero-order chi connectivity index (χ0) is 39.8. The van der Waals surface area contributed by atoms with Crippen molar-refractivity contribution in [2.45, 2.75) is 0 Å². The second-order valence-electron chi connectivity index (χ2n) is 16.1. The van der Waals surface area contributed by atoms with Crippen LogP contribution in [-0.2, 0) is 0 Å². The molecule has 5 aromatic heterocycles. The van der Waals surface area contributed by atoms with Crippen molar-refractivity contribution in [3.8, 4) is 39.5 Å². The lowest BCUT2D eigenvalue weighted by Crippen LogP contribution is -1.97. The third-order valence-electron chi connectivity index (χ3n) is 12.8. The lowest BCUT2D eigenvalue weighted by atomic mass is 10.0. The van der Waals surface area contributed by atoms with Crippen LogP contribution in [0.1, 0.15) is 0 Å². The van der Waals surface area contributed by atoms with Gasteiger partial charge in [-0.25, -0.2) is 9.97 Å². The Kier molecular flexibility index (Phi) is 6.49. The fourth-order valence-electron chi connectivity index (χ4n) is 10.1. The molecule has 282 valence electrons. The molecule has 5 nitrogen and oxygen atoms in total. The lowest BCUT2D eigenvalue weighted by molar-refractivity contribution is 0.667. The molecule has 0 atom stereocenters. The Hall–Kier alpha value is -8.28. The Labute approximate surface area is 348 Å². The molecule has 0 aliphatic carbocycles. The van der Waals surface area contributed by atoms with Gasteiger partial charge in [-0.05, 0) is 88.6 Å². The predicted molar refractivity (Wildman–Crippen MR) is 252 cm³/mol. The van der Waals surface area contributed by atoms with Gasteiger partial charge in [-0.2, -0.15) is 0 Å². The molecule has 0 spiro atoms. The van der Waals surface area contributed by atoms with Gasteiger partial charge in [-0.15, -0.1) is 0 Å². The minimum atomic E-state index is 0.653. The molecule has 0 bridgehead atoms. The Bertz CT molecular complexity index is 4080. The van der Waals surface area contributed by atoms with E-state index in [9.17, 15) is 0 Å². The van der Waals surface area contributed by atoms with Crippen molar-refractivity contribution in [1.29, 1.82) is 0 Å². The average molecular weight is 777 g/mol. The van der Waals surface area contributed by atoms with Crippen LogP contribution in [0.15, 0.2) is 199 Å². The fourth-order valence-corrected chi connectivity index (χ4v) is 10.1. The van der Waals surface area contributed by atoms with Gasteiger partial charge >= 0.3 is 0 Å². The highest BCUT2D eigenvalue weighted by Crippen LogP contribution is 2.47. The smallest absolute Gasteiger partial charge is 0.180 e. The number of nitrogens with zero attached hydrogens (tertiary/aromatic N) is 4. The monoisotopic (exact) mass is 776 g/mol. The molecule has 5 heteroatoms. The van der Waals surface area contributed by atoms with Gasteiger partial charge < -0.3 is 13.4 Å². The SMILES string of the molecule is c1ccc(-c2ccc(-c3nc(-c4ccc(-n5c6cc7ccccc7cc6c6cc7c8ccccc8n8c9ccccc9c(c65)c78)cc4)nc4c3oc3ccccc34)cc2)cc1. The molecule has 0 N–H and O–H groups in total. The van der Waals surface area contributed by atoms with Gasteiger partial charge in [0.25, 0.3) is 0 Å². The number of furan rings is 1. The molecule has 0 saturated heterocycles. The zero-order valence-corrected chi connectivity index (χ0v) is 32.7. The molecule has 0 radical (unpaired) electrons. The minimum absolute atomic E-state index is 0.653. The van der Waals surface area contributed by atoms with E-state index < -0.39 is 0 Å². The van der Waals surface area contributed by atoms with E-state index in [1.807, 2.05) is 24.3 Å². The van der Waals surface area contributed by atoms with Gasteiger partial charge in [0.2, 0.25) is 0 Å². The number of aromatic nitrogens is 4. The summed E-state index contributed by atoms with van der Waals surface area (Å²) in [6, 6.07) is 69.5. The first kappa shape index (κ1) is 32.7. The van der Waals surface area contributed by atoms with Crippen LogP contribution in [0.2, 0.25) is 0 Å². The second-order valence-corrected chi connectivity index (χ2v) is 16.1. The van der Waals surface area contributed by atoms with Crippen LogP contribution in [0.25, 0.3) is 132 Å². The van der Waals surface area contributed by atoms with Crippen molar-refractivity contribution < 1.29 is 4.42 Å². The number of hydrogen-bond acceptors (Lipinski definition) is 3. The van der Waals surface area contributed by atoms with E-state index in [4.69, 9.17) is 14.4 Å². The summed E-state index contributed by atoms with van der Waals surface area (Å²) in [4.78, 5) is 10.5. The van der Waals surface area contributed by atoms with Crippen molar-refractivity contribution in [2.75, 3.05) is 0 Å². The van der Waals surface area contributed by atoms with Crippen LogP contribution >= 0.6 is 0 Å². The maximum Gasteiger partial charge on any atom is 0.180 e. The number of fused-ring (bicyclic) bond motifs is 14. The first-order chi connectivity index (χ1) is 30.2. The van der Waals surface area contributed by atoms with Crippen LogP contribution < -0.4 is 0 Å². The largest absolute Gasteiger partial charge is 0.452 e. The molecule has 0 aliphatic rings. The topological polar surface area (TPSA) is 48.3 Å². The van der Waals surface area contributed by atoms with Crippen molar-refractivity contribution in [3.05, 3.63) is 194 Å². The highest BCUT2D eigenvalue weighted by atomic mass is 16.3. The van der Waals surface area contributed by atoms with Gasteiger partial charge in [0, 0.05) is 54.5 Å². The normalized spacial score (nSPS) is 12.3. The van der Waals surface area contributed by atoms with E-state index in [2.05, 4.69) is 179 Å². The molecule has 0 aliphatic heterocycles. The molecule has 0 unspecified atom stereocenters. The summed E-state index contributed by atoms with van der Waals surface area (Å²) in [5, 5.41) is 11.0. The zero-order valence-electron chi connectivity index (χ0n) is 32.7. The molecule has 14 aromatic rings. The van der Waals surface area contributed by atoms with E-state index in [1.165, 1.54) is 76.2 Å². The van der Waals surface area contributed by atoms with Gasteiger partial charge in [0.05, 0.1) is 27.6 Å². The lowest BCUT2D eigenvalue weighted by Gasteiger charge is -2.11. The molecule has 0 amide bonds. The van der Waals surface area contributed by atoms with Crippen molar-refractivity contribution in [1.82, 2.24) is 18.9 Å². The molecule has 14 rings (SSSR count). The highest BCUT2D eigenvalue weighted by molar-refractivity contribution is 6.34. The van der Waals surface area contributed by atoms with Crippen molar-refractivity contribution in [2.24, 2.45) is 0 Å². The van der Waals surface area contributed by atoms with E-state index in [-0.39, 0.29) is 0 Å². The van der Waals surface area contributed by atoms with Gasteiger partial charge in [-0.3, -0.25) is 0 Å². The molecule has 61 heavy (non-hydrogen) atoms. The Morgan fingerprint density at radius 1 is 0.393 bits per heavy atom. The first-order valence-electron chi connectivity index (χ1n) is 20.7. The van der Waals surface area contributed by atoms with E-state index >= 15 is 0 Å². The van der Waals surface area contributed by atoms with Crippen molar-refractivity contribution in [3.63, 3.8) is 0 Å². The molecule has 0 fully saturated rings. The first-order valence-corrected chi connectivity index (χ1v) is 20.7. The Balaban J connectivity index is 1.01. The third-order valence-corrected chi connectivity index (χ3v) is 12.8. The Morgan fingerprint density at radius 3 is 1.80 bits per heavy atom.